The summed E-state index contributed by atoms with van der Waals surface area (Å²) in [7, 11) is -3.38. The van der Waals surface area contributed by atoms with Gasteiger partial charge in [0.25, 0.3) is 0 Å². The van der Waals surface area contributed by atoms with Gasteiger partial charge in [0.05, 0.1) is 5.75 Å². The molecule has 0 saturated heterocycles. The summed E-state index contributed by atoms with van der Waals surface area (Å²) < 4.78 is 32.8. The third-order valence-electron chi connectivity index (χ3n) is 2.52. The Morgan fingerprint density at radius 1 is 1.29 bits per heavy atom. The second-order valence-electron chi connectivity index (χ2n) is 4.01. The summed E-state index contributed by atoms with van der Waals surface area (Å²) in [5.41, 5.74) is 0. The molecule has 17 heavy (non-hydrogen) atoms. The molecule has 2 N–H and O–H groups in total. The van der Waals surface area contributed by atoms with Crippen LogP contribution in [0.3, 0.4) is 0 Å². The van der Waals surface area contributed by atoms with Crippen molar-refractivity contribution >= 4 is 10.0 Å². The normalized spacial score (nSPS) is 19.0. The Bertz CT molecular complexity index is 486. The quantitative estimate of drug-likeness (QED) is 0.869. The molecule has 0 fully saturated rings. The van der Waals surface area contributed by atoms with Gasteiger partial charge in [0.2, 0.25) is 10.0 Å². The second kappa shape index (κ2) is 4.93. The molecule has 1 unspecified atom stereocenters. The van der Waals surface area contributed by atoms with Crippen molar-refractivity contribution < 1.29 is 17.9 Å². The van der Waals surface area contributed by atoms with E-state index in [1.54, 1.807) is 0 Å². The molecule has 1 atom stereocenters. The van der Waals surface area contributed by atoms with Crippen molar-refractivity contribution in [2.75, 3.05) is 12.4 Å². The summed E-state index contributed by atoms with van der Waals surface area (Å²) in [4.78, 5) is 0. The maximum atomic E-state index is 10.8. The largest absolute Gasteiger partial charge is 0.486 e. The van der Waals surface area contributed by atoms with E-state index in [4.69, 9.17) is 14.6 Å². The number of primary sulfonamides is 1. The number of para-hydroxylation sites is 2. The summed E-state index contributed by atoms with van der Waals surface area (Å²) in [6, 6.07) is 7.43. The van der Waals surface area contributed by atoms with E-state index in [1.807, 2.05) is 24.3 Å². The molecule has 0 aromatic heterocycles. The van der Waals surface area contributed by atoms with E-state index < -0.39 is 10.0 Å². The molecule has 1 aliphatic heterocycles. The van der Waals surface area contributed by atoms with Crippen molar-refractivity contribution in [3.8, 4) is 11.5 Å². The number of sulfonamides is 1. The number of nitrogens with two attached hydrogens (primary N) is 1. The second-order valence-corrected chi connectivity index (χ2v) is 5.74. The van der Waals surface area contributed by atoms with Crippen LogP contribution in [-0.4, -0.2) is 26.9 Å². The molecular weight excluding hydrogens is 242 g/mol. The minimum absolute atomic E-state index is 0.0193. The summed E-state index contributed by atoms with van der Waals surface area (Å²) in [6.07, 6.45) is 0.992. The van der Waals surface area contributed by atoms with Crippen molar-refractivity contribution in [3.05, 3.63) is 24.3 Å². The Kier molecular flexibility index (Phi) is 3.54. The Labute approximate surface area is 101 Å². The first-order valence-corrected chi connectivity index (χ1v) is 7.15. The number of hydrogen-bond donors (Lipinski definition) is 1. The van der Waals surface area contributed by atoms with Crippen LogP contribution >= 0.6 is 0 Å². The fraction of sp³-hybridized carbons (Fsp3) is 0.455. The first kappa shape index (κ1) is 12.2. The highest BCUT2D eigenvalue weighted by molar-refractivity contribution is 7.89. The predicted molar refractivity (Wildman–Crippen MR) is 63.6 cm³/mol. The standard InChI is InChI=1S/C11H15NO4S/c12-17(13,14)7-3-4-9-8-15-10-5-1-2-6-11(10)16-9/h1-2,5-6,9H,3-4,7-8H2,(H2,12,13,14). The average Bonchev–Trinajstić information content (AvgIpc) is 2.27. The van der Waals surface area contributed by atoms with Crippen LogP contribution in [0.25, 0.3) is 0 Å². The van der Waals surface area contributed by atoms with Gasteiger partial charge in [-0.2, -0.15) is 0 Å². The molecule has 0 spiro atoms. The molecule has 1 aromatic rings. The Hall–Kier alpha value is -1.27. The molecule has 1 aromatic carbocycles. The predicted octanol–water partition coefficient (Wildman–Crippen LogP) is 0.895. The number of ether oxygens (including phenoxy) is 2. The van der Waals surface area contributed by atoms with Gasteiger partial charge in [-0.25, -0.2) is 13.6 Å². The molecule has 0 amide bonds. The first-order valence-electron chi connectivity index (χ1n) is 5.43. The van der Waals surface area contributed by atoms with Gasteiger partial charge in [0, 0.05) is 0 Å². The van der Waals surface area contributed by atoms with Crippen LogP contribution in [0, 0.1) is 0 Å². The number of rotatable bonds is 4. The molecule has 1 aliphatic rings. The lowest BCUT2D eigenvalue weighted by Gasteiger charge is -2.26. The highest BCUT2D eigenvalue weighted by atomic mass is 32.2. The van der Waals surface area contributed by atoms with Gasteiger partial charge in [0.15, 0.2) is 11.5 Å². The van der Waals surface area contributed by atoms with Gasteiger partial charge in [-0.3, -0.25) is 0 Å². The van der Waals surface area contributed by atoms with E-state index in [0.717, 1.165) is 5.75 Å². The Balaban J connectivity index is 1.86. The zero-order chi connectivity index (χ0) is 12.3. The molecule has 0 aliphatic carbocycles. The summed E-state index contributed by atoms with van der Waals surface area (Å²) >= 11 is 0. The fourth-order valence-corrected chi connectivity index (χ4v) is 2.29. The number of fused-ring (bicyclic) bond motifs is 1. The van der Waals surface area contributed by atoms with Crippen LogP contribution in [0.15, 0.2) is 24.3 Å². The van der Waals surface area contributed by atoms with Crippen LogP contribution < -0.4 is 14.6 Å². The van der Waals surface area contributed by atoms with Gasteiger partial charge < -0.3 is 9.47 Å². The SMILES string of the molecule is NS(=O)(=O)CCCC1COc2ccccc2O1. The Morgan fingerprint density at radius 3 is 2.71 bits per heavy atom. The lowest BCUT2D eigenvalue weighted by Crippen LogP contribution is -2.30. The van der Waals surface area contributed by atoms with Gasteiger partial charge in [-0.05, 0) is 25.0 Å². The van der Waals surface area contributed by atoms with Gasteiger partial charge in [-0.15, -0.1) is 0 Å². The highest BCUT2D eigenvalue weighted by Crippen LogP contribution is 2.31. The molecule has 1 heterocycles. The molecule has 2 rings (SSSR count). The molecule has 5 nitrogen and oxygen atoms in total. The van der Waals surface area contributed by atoms with Crippen molar-refractivity contribution in [1.29, 1.82) is 0 Å². The van der Waals surface area contributed by atoms with E-state index >= 15 is 0 Å². The van der Waals surface area contributed by atoms with Crippen molar-refractivity contribution in [1.82, 2.24) is 0 Å². The third-order valence-corrected chi connectivity index (χ3v) is 3.38. The fourth-order valence-electron chi connectivity index (χ4n) is 1.72. The minimum Gasteiger partial charge on any atom is -0.486 e. The van der Waals surface area contributed by atoms with Crippen LogP contribution in [0.2, 0.25) is 0 Å². The van der Waals surface area contributed by atoms with Crippen molar-refractivity contribution in [2.45, 2.75) is 18.9 Å². The molecule has 0 saturated carbocycles. The average molecular weight is 257 g/mol. The van der Waals surface area contributed by atoms with Gasteiger partial charge in [-0.1, -0.05) is 12.1 Å². The lowest BCUT2D eigenvalue weighted by molar-refractivity contribution is 0.0845. The summed E-state index contributed by atoms with van der Waals surface area (Å²) in [5, 5.41) is 4.93. The van der Waals surface area contributed by atoms with Crippen LogP contribution in [-0.2, 0) is 10.0 Å². The lowest BCUT2D eigenvalue weighted by atomic mass is 10.2. The zero-order valence-electron chi connectivity index (χ0n) is 9.33. The maximum Gasteiger partial charge on any atom is 0.209 e. The van der Waals surface area contributed by atoms with Crippen molar-refractivity contribution in [2.24, 2.45) is 5.14 Å². The van der Waals surface area contributed by atoms with Gasteiger partial charge >= 0.3 is 0 Å². The smallest absolute Gasteiger partial charge is 0.209 e. The topological polar surface area (TPSA) is 78.6 Å². The zero-order valence-corrected chi connectivity index (χ0v) is 10.2. The first-order chi connectivity index (χ1) is 8.04. The third kappa shape index (κ3) is 3.61. The van der Waals surface area contributed by atoms with Crippen LogP contribution in [0.5, 0.6) is 11.5 Å². The van der Waals surface area contributed by atoms with E-state index in [-0.39, 0.29) is 11.9 Å². The molecular formula is C11H15NO4S. The van der Waals surface area contributed by atoms with E-state index in [2.05, 4.69) is 0 Å². The van der Waals surface area contributed by atoms with E-state index in [0.29, 0.717) is 25.2 Å². The summed E-state index contributed by atoms with van der Waals surface area (Å²) in [5.74, 6) is 1.42. The molecule has 94 valence electrons. The van der Waals surface area contributed by atoms with E-state index in [1.165, 1.54) is 0 Å². The minimum atomic E-state index is -3.38. The van der Waals surface area contributed by atoms with E-state index in [9.17, 15) is 8.42 Å². The highest BCUT2D eigenvalue weighted by Gasteiger charge is 2.20. The molecule has 0 radical (unpaired) electrons. The molecule has 6 heteroatoms. The monoisotopic (exact) mass is 257 g/mol. The van der Waals surface area contributed by atoms with Crippen molar-refractivity contribution in [3.63, 3.8) is 0 Å². The molecule has 0 bridgehead atoms. The van der Waals surface area contributed by atoms with Gasteiger partial charge in [0.1, 0.15) is 12.7 Å². The van der Waals surface area contributed by atoms with Crippen LogP contribution in [0.1, 0.15) is 12.8 Å². The Morgan fingerprint density at radius 2 is 2.00 bits per heavy atom. The maximum absolute atomic E-state index is 10.8. The summed E-state index contributed by atoms with van der Waals surface area (Å²) in [6.45, 7) is 0.446. The number of benzene rings is 1. The van der Waals surface area contributed by atoms with Crippen LogP contribution in [0.4, 0.5) is 0 Å². The number of hydrogen-bond acceptors (Lipinski definition) is 4.